The van der Waals surface area contributed by atoms with Gasteiger partial charge in [0.05, 0.1) is 6.20 Å². The van der Waals surface area contributed by atoms with E-state index < -0.39 is 0 Å². The fourth-order valence-electron chi connectivity index (χ4n) is 2.40. The van der Waals surface area contributed by atoms with Crippen molar-refractivity contribution in [1.29, 1.82) is 0 Å². The average molecular weight is 222 g/mol. The predicted molar refractivity (Wildman–Crippen MR) is 66.9 cm³/mol. The molecule has 0 spiro atoms. The van der Waals surface area contributed by atoms with Crippen molar-refractivity contribution in [1.82, 2.24) is 15.3 Å². The van der Waals surface area contributed by atoms with E-state index in [2.05, 4.69) is 27.1 Å². The normalized spacial score (nSPS) is 21.4. The zero-order chi connectivity index (χ0) is 11.4. The van der Waals surface area contributed by atoms with Crippen LogP contribution < -0.4 is 10.2 Å². The summed E-state index contributed by atoms with van der Waals surface area (Å²) in [7, 11) is 2.02. The molecule has 1 aromatic rings. The first-order valence-corrected chi connectivity index (χ1v) is 6.30. The Hall–Kier alpha value is -1.03. The Bertz CT molecular complexity index is 319. The molecule has 4 nitrogen and oxygen atoms in total. The van der Waals surface area contributed by atoms with E-state index in [1.54, 1.807) is 0 Å². The van der Waals surface area contributed by atoms with Crippen molar-refractivity contribution >= 4 is 5.95 Å². The van der Waals surface area contributed by atoms with Crippen molar-refractivity contribution in [3.05, 3.63) is 11.9 Å². The maximum Gasteiger partial charge on any atom is 0.203 e. The molecule has 0 aliphatic carbocycles. The second-order valence-electron chi connectivity index (χ2n) is 4.49. The van der Waals surface area contributed by atoms with Gasteiger partial charge < -0.3 is 15.2 Å². The number of anilines is 1. The Labute approximate surface area is 97.4 Å². The van der Waals surface area contributed by atoms with Crippen LogP contribution in [0.1, 0.15) is 31.9 Å². The number of H-pyrrole nitrogens is 1. The summed E-state index contributed by atoms with van der Waals surface area (Å²) in [5.41, 5.74) is 1.23. The van der Waals surface area contributed by atoms with Crippen LogP contribution in [-0.2, 0) is 6.42 Å². The first-order chi connectivity index (χ1) is 7.85. The summed E-state index contributed by atoms with van der Waals surface area (Å²) >= 11 is 0. The summed E-state index contributed by atoms with van der Waals surface area (Å²) in [4.78, 5) is 10.3. The minimum atomic E-state index is 0.592. The van der Waals surface area contributed by atoms with Gasteiger partial charge in [-0.05, 0) is 32.7 Å². The maximum absolute atomic E-state index is 4.49. The fourth-order valence-corrected chi connectivity index (χ4v) is 2.40. The number of aryl methyl sites for hydroxylation is 1. The highest BCUT2D eigenvalue weighted by molar-refractivity contribution is 5.34. The Balaban J connectivity index is 2.09. The number of rotatable bonds is 4. The zero-order valence-corrected chi connectivity index (χ0v) is 10.3. The molecule has 0 saturated carbocycles. The Morgan fingerprint density at radius 1 is 1.56 bits per heavy atom. The van der Waals surface area contributed by atoms with Crippen LogP contribution in [0.4, 0.5) is 5.95 Å². The van der Waals surface area contributed by atoms with Crippen LogP contribution in [0.3, 0.4) is 0 Å². The summed E-state index contributed by atoms with van der Waals surface area (Å²) in [5.74, 6) is 1.05. The van der Waals surface area contributed by atoms with E-state index in [1.165, 1.54) is 25.0 Å². The van der Waals surface area contributed by atoms with Crippen LogP contribution in [0, 0.1) is 0 Å². The summed E-state index contributed by atoms with van der Waals surface area (Å²) in [6, 6.07) is 0.592. The van der Waals surface area contributed by atoms with Crippen LogP contribution in [0.15, 0.2) is 6.20 Å². The number of hydrogen-bond donors (Lipinski definition) is 2. The van der Waals surface area contributed by atoms with Gasteiger partial charge in [-0.15, -0.1) is 0 Å². The molecular formula is C12H22N4. The first kappa shape index (κ1) is 11.5. The second-order valence-corrected chi connectivity index (χ2v) is 4.49. The molecule has 2 rings (SSSR count). The third-order valence-electron chi connectivity index (χ3n) is 3.33. The van der Waals surface area contributed by atoms with Crippen LogP contribution in [0.5, 0.6) is 0 Å². The van der Waals surface area contributed by atoms with Crippen molar-refractivity contribution in [2.45, 2.75) is 38.6 Å². The molecule has 0 aromatic carbocycles. The highest BCUT2D eigenvalue weighted by Crippen LogP contribution is 2.21. The van der Waals surface area contributed by atoms with Gasteiger partial charge in [0.15, 0.2) is 0 Å². The van der Waals surface area contributed by atoms with Gasteiger partial charge in [0.1, 0.15) is 0 Å². The summed E-state index contributed by atoms with van der Waals surface area (Å²) in [5, 5.41) is 3.27. The van der Waals surface area contributed by atoms with E-state index in [1.807, 2.05) is 13.2 Å². The Kier molecular flexibility index (Phi) is 3.83. The Morgan fingerprint density at radius 3 is 3.12 bits per heavy atom. The van der Waals surface area contributed by atoms with E-state index in [9.17, 15) is 0 Å². The van der Waals surface area contributed by atoms with Gasteiger partial charge in [-0.1, -0.05) is 6.92 Å². The average Bonchev–Trinajstić information content (AvgIpc) is 2.79. The third kappa shape index (κ3) is 2.38. The van der Waals surface area contributed by atoms with Gasteiger partial charge in [-0.25, -0.2) is 4.98 Å². The minimum Gasteiger partial charge on any atom is -0.338 e. The summed E-state index contributed by atoms with van der Waals surface area (Å²) < 4.78 is 0. The van der Waals surface area contributed by atoms with Crippen LogP contribution in [0.2, 0.25) is 0 Å². The molecule has 90 valence electrons. The molecule has 0 amide bonds. The monoisotopic (exact) mass is 222 g/mol. The first-order valence-electron chi connectivity index (χ1n) is 6.30. The molecule has 1 aromatic heterocycles. The molecule has 1 aliphatic rings. The van der Waals surface area contributed by atoms with Gasteiger partial charge in [-0.2, -0.15) is 0 Å². The van der Waals surface area contributed by atoms with Crippen LogP contribution in [0.25, 0.3) is 0 Å². The number of nitrogens with one attached hydrogen (secondary N) is 2. The van der Waals surface area contributed by atoms with Gasteiger partial charge in [0, 0.05) is 24.8 Å². The topological polar surface area (TPSA) is 44.0 Å². The lowest BCUT2D eigenvalue weighted by atomic mass is 10.0. The number of aromatic amines is 1. The van der Waals surface area contributed by atoms with Gasteiger partial charge >= 0.3 is 0 Å². The van der Waals surface area contributed by atoms with Gasteiger partial charge in [-0.3, -0.25) is 0 Å². The number of nitrogens with zero attached hydrogens (tertiary/aromatic N) is 2. The molecule has 4 heteroatoms. The smallest absolute Gasteiger partial charge is 0.203 e. The van der Waals surface area contributed by atoms with E-state index in [0.29, 0.717) is 6.04 Å². The van der Waals surface area contributed by atoms with E-state index in [-0.39, 0.29) is 0 Å². The van der Waals surface area contributed by atoms with Crippen molar-refractivity contribution in [3.63, 3.8) is 0 Å². The Morgan fingerprint density at radius 2 is 2.44 bits per heavy atom. The number of piperidine rings is 1. The summed E-state index contributed by atoms with van der Waals surface area (Å²) in [6.07, 6.45) is 6.87. The number of imidazole rings is 1. The molecule has 1 atom stereocenters. The number of likely N-dealkylation sites (N-methyl/N-ethyl adjacent to an activating group) is 1. The number of hydrogen-bond acceptors (Lipinski definition) is 3. The molecule has 1 fully saturated rings. The van der Waals surface area contributed by atoms with E-state index in [0.717, 1.165) is 25.5 Å². The lowest BCUT2D eigenvalue weighted by Gasteiger charge is -2.35. The highest BCUT2D eigenvalue weighted by Gasteiger charge is 2.23. The maximum atomic E-state index is 4.49. The largest absolute Gasteiger partial charge is 0.338 e. The molecule has 1 unspecified atom stereocenters. The van der Waals surface area contributed by atoms with Gasteiger partial charge in [0.25, 0.3) is 0 Å². The molecule has 1 aliphatic heterocycles. The molecule has 0 bridgehead atoms. The SMILES string of the molecule is CCc1cnc(N2CCCCC2CNC)[nH]1. The molecular weight excluding hydrogens is 200 g/mol. The van der Waals surface area contributed by atoms with Crippen LogP contribution >= 0.6 is 0 Å². The zero-order valence-electron chi connectivity index (χ0n) is 10.3. The standard InChI is InChI=1S/C12H22N4/c1-3-10-8-14-12(15-10)16-7-5-4-6-11(16)9-13-2/h8,11,13H,3-7,9H2,1-2H3,(H,14,15). The van der Waals surface area contributed by atoms with Crippen molar-refractivity contribution < 1.29 is 0 Å². The van der Waals surface area contributed by atoms with Crippen LogP contribution in [-0.4, -0.2) is 36.1 Å². The highest BCUT2D eigenvalue weighted by atomic mass is 15.3. The lowest BCUT2D eigenvalue weighted by Crippen LogP contribution is -2.45. The van der Waals surface area contributed by atoms with E-state index >= 15 is 0 Å². The van der Waals surface area contributed by atoms with Crippen molar-refractivity contribution in [2.24, 2.45) is 0 Å². The molecule has 2 heterocycles. The molecule has 16 heavy (non-hydrogen) atoms. The fraction of sp³-hybridized carbons (Fsp3) is 0.750. The van der Waals surface area contributed by atoms with Gasteiger partial charge in [0.2, 0.25) is 5.95 Å². The molecule has 2 N–H and O–H groups in total. The number of aromatic nitrogens is 2. The predicted octanol–water partition coefficient (Wildman–Crippen LogP) is 1.55. The second kappa shape index (κ2) is 5.34. The lowest BCUT2D eigenvalue weighted by molar-refractivity contribution is 0.441. The third-order valence-corrected chi connectivity index (χ3v) is 3.33. The van der Waals surface area contributed by atoms with Crippen molar-refractivity contribution in [3.8, 4) is 0 Å². The molecule has 1 saturated heterocycles. The van der Waals surface area contributed by atoms with Crippen molar-refractivity contribution in [2.75, 3.05) is 25.0 Å². The minimum absolute atomic E-state index is 0.592. The summed E-state index contributed by atoms with van der Waals surface area (Å²) in [6.45, 7) is 4.32. The molecule has 0 radical (unpaired) electrons. The quantitative estimate of drug-likeness (QED) is 0.812. The van der Waals surface area contributed by atoms with E-state index in [4.69, 9.17) is 0 Å².